The van der Waals surface area contributed by atoms with Crippen molar-refractivity contribution in [3.05, 3.63) is 70.8 Å². The first-order chi connectivity index (χ1) is 13.4. The fraction of sp³-hybridized carbons (Fsp3) is 0.417. The third kappa shape index (κ3) is 6.52. The third-order valence-corrected chi connectivity index (χ3v) is 5.38. The molecule has 4 heteroatoms. The fourth-order valence-corrected chi connectivity index (χ4v) is 3.24. The maximum atomic E-state index is 11.0. The number of aryl methyl sites for hydroxylation is 2. The minimum Gasteiger partial charge on any atom is -0.481 e. The first-order valence-corrected chi connectivity index (χ1v) is 10.0. The van der Waals surface area contributed by atoms with E-state index in [9.17, 15) is 9.59 Å². The molecular weight excluding hydrogens is 352 g/mol. The molecule has 150 valence electrons. The Bertz CT molecular complexity index is 695. The van der Waals surface area contributed by atoms with Crippen molar-refractivity contribution in [1.82, 2.24) is 0 Å². The van der Waals surface area contributed by atoms with E-state index < -0.39 is 23.8 Å². The van der Waals surface area contributed by atoms with Crippen LogP contribution in [-0.4, -0.2) is 22.2 Å². The molecule has 2 unspecified atom stereocenters. The monoisotopic (exact) mass is 382 g/mol. The molecule has 2 aromatic rings. The van der Waals surface area contributed by atoms with Gasteiger partial charge in [-0.05, 0) is 61.8 Å². The lowest BCUT2D eigenvalue weighted by molar-refractivity contribution is -0.139. The van der Waals surface area contributed by atoms with Crippen molar-refractivity contribution >= 4 is 11.9 Å². The lowest BCUT2D eigenvalue weighted by Gasteiger charge is -2.08. The molecule has 2 rings (SSSR count). The van der Waals surface area contributed by atoms with Gasteiger partial charge in [0.15, 0.2) is 0 Å². The highest BCUT2D eigenvalue weighted by Gasteiger charge is 2.13. The summed E-state index contributed by atoms with van der Waals surface area (Å²) in [6.07, 6.45) is 6.63. The van der Waals surface area contributed by atoms with Gasteiger partial charge in [-0.2, -0.15) is 0 Å². The Labute approximate surface area is 167 Å². The van der Waals surface area contributed by atoms with Crippen LogP contribution in [0.4, 0.5) is 0 Å². The molecule has 2 N–H and O–H groups in total. The van der Waals surface area contributed by atoms with Gasteiger partial charge in [-0.3, -0.25) is 9.59 Å². The van der Waals surface area contributed by atoms with Gasteiger partial charge in [0.1, 0.15) is 0 Å². The molecule has 28 heavy (non-hydrogen) atoms. The Morgan fingerprint density at radius 3 is 1.25 bits per heavy atom. The number of carboxylic acids is 2. The Hall–Kier alpha value is -2.62. The minimum absolute atomic E-state index is 0.463. The second kappa shape index (κ2) is 10.6. The van der Waals surface area contributed by atoms with Gasteiger partial charge >= 0.3 is 11.9 Å². The molecule has 0 spiro atoms. The Kier molecular flexibility index (Phi) is 8.24. The summed E-state index contributed by atoms with van der Waals surface area (Å²) >= 11 is 0. The molecular formula is C24H30O4. The first kappa shape index (κ1) is 21.7. The number of hydrogen-bond donors (Lipinski definition) is 2. The summed E-state index contributed by atoms with van der Waals surface area (Å²) in [5.74, 6) is -2.51. The maximum absolute atomic E-state index is 11.0. The van der Waals surface area contributed by atoms with E-state index in [4.69, 9.17) is 10.2 Å². The van der Waals surface area contributed by atoms with Crippen molar-refractivity contribution in [2.45, 2.75) is 64.2 Å². The van der Waals surface area contributed by atoms with Gasteiger partial charge < -0.3 is 10.2 Å². The summed E-state index contributed by atoms with van der Waals surface area (Å²) in [5, 5.41) is 18.1. The number of benzene rings is 2. The normalized spacial score (nSPS) is 13.1. The SMILES string of the molecule is CC(C(=O)O)c1ccc(CCCCCCc2ccc(C(C)C(=O)O)cc2)cc1. The predicted molar refractivity (Wildman–Crippen MR) is 111 cm³/mol. The molecule has 0 radical (unpaired) electrons. The second-order valence-electron chi connectivity index (χ2n) is 7.52. The van der Waals surface area contributed by atoms with Gasteiger partial charge in [-0.15, -0.1) is 0 Å². The van der Waals surface area contributed by atoms with E-state index >= 15 is 0 Å². The molecule has 0 fully saturated rings. The van der Waals surface area contributed by atoms with E-state index in [-0.39, 0.29) is 0 Å². The molecule has 0 saturated heterocycles. The zero-order valence-corrected chi connectivity index (χ0v) is 16.7. The molecule has 0 aromatic heterocycles. The highest BCUT2D eigenvalue weighted by molar-refractivity contribution is 5.75. The smallest absolute Gasteiger partial charge is 0.310 e. The Morgan fingerprint density at radius 1 is 0.643 bits per heavy atom. The quantitative estimate of drug-likeness (QED) is 0.510. The summed E-state index contributed by atoms with van der Waals surface area (Å²) in [5.41, 5.74) is 4.20. The first-order valence-electron chi connectivity index (χ1n) is 10.0. The Morgan fingerprint density at radius 2 is 0.964 bits per heavy atom. The summed E-state index contributed by atoms with van der Waals surface area (Å²) in [4.78, 5) is 22.0. The summed E-state index contributed by atoms with van der Waals surface area (Å²) in [7, 11) is 0. The third-order valence-electron chi connectivity index (χ3n) is 5.38. The van der Waals surface area contributed by atoms with Crippen molar-refractivity contribution in [3.8, 4) is 0 Å². The van der Waals surface area contributed by atoms with Crippen LogP contribution in [0.25, 0.3) is 0 Å². The fourth-order valence-electron chi connectivity index (χ4n) is 3.24. The lowest BCUT2D eigenvalue weighted by Crippen LogP contribution is -2.07. The summed E-state index contributed by atoms with van der Waals surface area (Å²) in [6.45, 7) is 3.41. The molecule has 0 saturated carbocycles. The highest BCUT2D eigenvalue weighted by atomic mass is 16.4. The Balaban J connectivity index is 1.65. The van der Waals surface area contributed by atoms with Crippen LogP contribution in [0.2, 0.25) is 0 Å². The zero-order chi connectivity index (χ0) is 20.5. The van der Waals surface area contributed by atoms with Crippen LogP contribution >= 0.6 is 0 Å². The molecule has 0 aliphatic heterocycles. The summed E-state index contributed by atoms with van der Waals surface area (Å²) < 4.78 is 0. The van der Waals surface area contributed by atoms with Crippen LogP contribution in [0.15, 0.2) is 48.5 Å². The van der Waals surface area contributed by atoms with Gasteiger partial charge in [-0.1, -0.05) is 61.4 Å². The number of aliphatic carboxylic acids is 2. The van der Waals surface area contributed by atoms with Crippen molar-refractivity contribution in [1.29, 1.82) is 0 Å². The number of carboxylic acid groups (broad SMARTS) is 2. The summed E-state index contributed by atoms with van der Waals surface area (Å²) in [6, 6.07) is 15.8. The van der Waals surface area contributed by atoms with Crippen molar-refractivity contribution < 1.29 is 19.8 Å². The van der Waals surface area contributed by atoms with Crippen molar-refractivity contribution in [3.63, 3.8) is 0 Å². The number of carbonyl (C=O) groups is 2. The molecule has 0 bridgehead atoms. The van der Waals surface area contributed by atoms with Crippen LogP contribution in [0.1, 0.15) is 73.6 Å². The maximum Gasteiger partial charge on any atom is 0.310 e. The topological polar surface area (TPSA) is 74.6 Å². The van der Waals surface area contributed by atoms with Crippen LogP contribution in [0.3, 0.4) is 0 Å². The minimum atomic E-state index is -0.793. The van der Waals surface area contributed by atoms with E-state index in [1.54, 1.807) is 13.8 Å². The van der Waals surface area contributed by atoms with Gasteiger partial charge in [0.25, 0.3) is 0 Å². The van der Waals surface area contributed by atoms with Crippen molar-refractivity contribution in [2.75, 3.05) is 0 Å². The predicted octanol–water partition coefficient (Wildman–Crippen LogP) is 5.41. The lowest BCUT2D eigenvalue weighted by atomic mass is 9.97. The van der Waals surface area contributed by atoms with E-state index in [1.165, 1.54) is 24.0 Å². The van der Waals surface area contributed by atoms with Crippen LogP contribution in [0.5, 0.6) is 0 Å². The van der Waals surface area contributed by atoms with Gasteiger partial charge in [0, 0.05) is 0 Å². The number of hydrogen-bond acceptors (Lipinski definition) is 2. The largest absolute Gasteiger partial charge is 0.481 e. The molecule has 0 amide bonds. The number of rotatable bonds is 11. The second-order valence-corrected chi connectivity index (χ2v) is 7.52. The van der Waals surface area contributed by atoms with Crippen LogP contribution in [0, 0.1) is 0 Å². The standard InChI is InChI=1S/C24H30O4/c1-17(23(25)26)21-13-9-19(10-14-21)7-5-3-4-6-8-20-11-15-22(16-12-20)18(2)24(27)28/h9-18H,3-8H2,1-2H3,(H,25,26)(H,27,28). The van der Waals surface area contributed by atoms with Crippen LogP contribution < -0.4 is 0 Å². The van der Waals surface area contributed by atoms with E-state index in [0.717, 1.165) is 36.8 Å². The molecule has 0 heterocycles. The van der Waals surface area contributed by atoms with Gasteiger partial charge in [0.2, 0.25) is 0 Å². The van der Waals surface area contributed by atoms with Gasteiger partial charge in [-0.25, -0.2) is 0 Å². The van der Waals surface area contributed by atoms with Crippen molar-refractivity contribution in [2.24, 2.45) is 0 Å². The molecule has 0 aliphatic carbocycles. The highest BCUT2D eigenvalue weighted by Crippen LogP contribution is 2.19. The molecule has 4 nitrogen and oxygen atoms in total. The number of unbranched alkanes of at least 4 members (excludes halogenated alkanes) is 3. The average molecular weight is 382 g/mol. The zero-order valence-electron chi connectivity index (χ0n) is 16.7. The van der Waals surface area contributed by atoms with E-state index in [1.807, 2.05) is 48.5 Å². The molecule has 2 atom stereocenters. The van der Waals surface area contributed by atoms with E-state index in [0.29, 0.717) is 0 Å². The van der Waals surface area contributed by atoms with Gasteiger partial charge in [0.05, 0.1) is 11.8 Å². The van der Waals surface area contributed by atoms with Crippen LogP contribution in [-0.2, 0) is 22.4 Å². The average Bonchev–Trinajstić information content (AvgIpc) is 2.70. The van der Waals surface area contributed by atoms with E-state index in [2.05, 4.69) is 0 Å². The molecule has 2 aromatic carbocycles. The molecule has 0 aliphatic rings.